The van der Waals surface area contributed by atoms with E-state index in [1.165, 1.54) is 4.88 Å². The van der Waals surface area contributed by atoms with Crippen LogP contribution in [0.1, 0.15) is 31.5 Å². The molecule has 3 N–H and O–H groups in total. The SMILES string of the molecule is CN(Cc1cccs1)c1cc(NN)nc(C(C)(C)C)n1. The molecule has 2 aromatic rings. The number of nitrogens with two attached hydrogens (primary N) is 1. The van der Waals surface area contributed by atoms with Crippen molar-refractivity contribution in [2.45, 2.75) is 32.7 Å². The van der Waals surface area contributed by atoms with E-state index in [4.69, 9.17) is 5.84 Å². The molecule has 0 fully saturated rings. The monoisotopic (exact) mass is 291 g/mol. The molecule has 0 atom stereocenters. The number of hydrogen-bond acceptors (Lipinski definition) is 6. The maximum absolute atomic E-state index is 5.51. The lowest BCUT2D eigenvalue weighted by atomic mass is 9.96. The average molecular weight is 291 g/mol. The third-order valence-corrected chi connectivity index (χ3v) is 3.76. The molecule has 0 amide bonds. The molecule has 2 heterocycles. The van der Waals surface area contributed by atoms with Crippen molar-refractivity contribution in [3.63, 3.8) is 0 Å². The second kappa shape index (κ2) is 5.76. The predicted molar refractivity (Wildman–Crippen MR) is 85.0 cm³/mol. The molecular weight excluding hydrogens is 270 g/mol. The van der Waals surface area contributed by atoms with Gasteiger partial charge in [0, 0.05) is 23.4 Å². The summed E-state index contributed by atoms with van der Waals surface area (Å²) in [6, 6.07) is 6.04. The van der Waals surface area contributed by atoms with Gasteiger partial charge >= 0.3 is 0 Å². The van der Waals surface area contributed by atoms with E-state index < -0.39 is 0 Å². The van der Waals surface area contributed by atoms with Crippen LogP contribution in [0.4, 0.5) is 11.6 Å². The van der Waals surface area contributed by atoms with Crippen LogP contribution in [0.25, 0.3) is 0 Å². The lowest BCUT2D eigenvalue weighted by molar-refractivity contribution is 0.545. The van der Waals surface area contributed by atoms with Gasteiger partial charge < -0.3 is 10.3 Å². The van der Waals surface area contributed by atoms with Crippen LogP contribution in [0.5, 0.6) is 0 Å². The van der Waals surface area contributed by atoms with E-state index >= 15 is 0 Å². The Kier molecular flexibility index (Phi) is 4.25. The first-order valence-corrected chi connectivity index (χ1v) is 7.38. The Balaban J connectivity index is 2.30. The summed E-state index contributed by atoms with van der Waals surface area (Å²) in [6.45, 7) is 7.09. The van der Waals surface area contributed by atoms with Gasteiger partial charge in [-0.2, -0.15) is 0 Å². The highest BCUT2D eigenvalue weighted by Gasteiger charge is 2.20. The normalized spacial score (nSPS) is 11.4. The Morgan fingerprint density at radius 1 is 1.35 bits per heavy atom. The number of anilines is 2. The zero-order valence-electron chi connectivity index (χ0n) is 12.3. The largest absolute Gasteiger partial charge is 0.354 e. The number of rotatable bonds is 4. The predicted octanol–water partition coefficient (Wildman–Crippen LogP) is 2.76. The molecule has 0 spiro atoms. The van der Waals surface area contributed by atoms with Crippen LogP contribution in [0.15, 0.2) is 23.6 Å². The van der Waals surface area contributed by atoms with Gasteiger partial charge in [0.2, 0.25) is 0 Å². The van der Waals surface area contributed by atoms with Gasteiger partial charge in [0.1, 0.15) is 17.5 Å². The highest BCUT2D eigenvalue weighted by molar-refractivity contribution is 7.09. The molecule has 0 aliphatic rings. The first kappa shape index (κ1) is 14.7. The van der Waals surface area contributed by atoms with Crippen molar-refractivity contribution >= 4 is 23.0 Å². The van der Waals surface area contributed by atoms with Gasteiger partial charge in [-0.1, -0.05) is 26.8 Å². The molecule has 6 heteroatoms. The van der Waals surface area contributed by atoms with Gasteiger partial charge in [-0.15, -0.1) is 11.3 Å². The molecule has 0 aliphatic carbocycles. The minimum atomic E-state index is -0.120. The molecule has 0 saturated carbocycles. The quantitative estimate of drug-likeness (QED) is 0.670. The van der Waals surface area contributed by atoms with Gasteiger partial charge in [0.25, 0.3) is 0 Å². The van der Waals surface area contributed by atoms with Gasteiger partial charge in [0.15, 0.2) is 0 Å². The Labute approximate surface area is 123 Å². The van der Waals surface area contributed by atoms with Crippen LogP contribution in [-0.4, -0.2) is 17.0 Å². The molecular formula is C14H21N5S. The number of hydrogen-bond donors (Lipinski definition) is 2. The number of nitrogens with zero attached hydrogens (tertiary/aromatic N) is 3. The fourth-order valence-electron chi connectivity index (χ4n) is 1.76. The minimum absolute atomic E-state index is 0.120. The van der Waals surface area contributed by atoms with Crippen LogP contribution in [0.2, 0.25) is 0 Å². The van der Waals surface area contributed by atoms with Crippen molar-refractivity contribution in [3.8, 4) is 0 Å². The highest BCUT2D eigenvalue weighted by atomic mass is 32.1. The van der Waals surface area contributed by atoms with Crippen LogP contribution >= 0.6 is 11.3 Å². The van der Waals surface area contributed by atoms with E-state index in [0.717, 1.165) is 18.2 Å². The third-order valence-electron chi connectivity index (χ3n) is 2.90. The van der Waals surface area contributed by atoms with E-state index in [1.807, 2.05) is 13.1 Å². The van der Waals surface area contributed by atoms with Gasteiger partial charge in [0.05, 0.1) is 6.54 Å². The molecule has 108 valence electrons. The molecule has 0 radical (unpaired) electrons. The third kappa shape index (κ3) is 3.46. The van der Waals surface area contributed by atoms with E-state index in [2.05, 4.69) is 58.6 Å². The fraction of sp³-hybridized carbons (Fsp3) is 0.429. The molecule has 20 heavy (non-hydrogen) atoms. The maximum Gasteiger partial charge on any atom is 0.145 e. The van der Waals surface area contributed by atoms with E-state index in [-0.39, 0.29) is 5.41 Å². The molecule has 2 rings (SSSR count). The first-order chi connectivity index (χ1) is 9.40. The highest BCUT2D eigenvalue weighted by Crippen LogP contribution is 2.24. The maximum atomic E-state index is 5.51. The van der Waals surface area contributed by atoms with Crippen LogP contribution < -0.4 is 16.2 Å². The topological polar surface area (TPSA) is 67.1 Å². The minimum Gasteiger partial charge on any atom is -0.354 e. The summed E-state index contributed by atoms with van der Waals surface area (Å²) in [6.07, 6.45) is 0. The zero-order valence-corrected chi connectivity index (χ0v) is 13.2. The van der Waals surface area contributed by atoms with E-state index in [9.17, 15) is 0 Å². The number of aromatic nitrogens is 2. The lowest BCUT2D eigenvalue weighted by Gasteiger charge is -2.22. The van der Waals surface area contributed by atoms with Crippen molar-refractivity contribution in [3.05, 3.63) is 34.3 Å². The van der Waals surface area contributed by atoms with Gasteiger partial charge in [-0.25, -0.2) is 15.8 Å². The van der Waals surface area contributed by atoms with Crippen molar-refractivity contribution in [1.82, 2.24) is 9.97 Å². The van der Waals surface area contributed by atoms with Crippen LogP contribution in [0, 0.1) is 0 Å². The molecule has 0 saturated heterocycles. The number of nitrogens with one attached hydrogen (secondary N) is 1. The van der Waals surface area contributed by atoms with Crippen LogP contribution in [0.3, 0.4) is 0 Å². The second-order valence-electron chi connectivity index (χ2n) is 5.76. The van der Waals surface area contributed by atoms with Crippen molar-refractivity contribution in [1.29, 1.82) is 0 Å². The molecule has 0 aliphatic heterocycles. The number of hydrazine groups is 1. The van der Waals surface area contributed by atoms with Gasteiger partial charge in [-0.05, 0) is 11.4 Å². The summed E-state index contributed by atoms with van der Waals surface area (Å²) < 4.78 is 0. The number of thiophene rings is 1. The molecule has 0 unspecified atom stereocenters. The zero-order chi connectivity index (χ0) is 14.8. The molecule has 5 nitrogen and oxygen atoms in total. The van der Waals surface area contributed by atoms with Gasteiger partial charge in [-0.3, -0.25) is 0 Å². The fourth-order valence-corrected chi connectivity index (χ4v) is 2.51. The number of nitrogen functional groups attached to an aromatic ring is 1. The summed E-state index contributed by atoms with van der Waals surface area (Å²) in [5, 5.41) is 2.08. The Morgan fingerprint density at radius 3 is 2.65 bits per heavy atom. The molecule has 0 aromatic carbocycles. The van der Waals surface area contributed by atoms with Crippen molar-refractivity contribution < 1.29 is 0 Å². The molecule has 2 aromatic heterocycles. The second-order valence-corrected chi connectivity index (χ2v) is 6.80. The Hall–Kier alpha value is -1.66. The summed E-state index contributed by atoms with van der Waals surface area (Å²) in [5.41, 5.74) is 2.50. The van der Waals surface area contributed by atoms with E-state index in [1.54, 1.807) is 11.3 Å². The summed E-state index contributed by atoms with van der Waals surface area (Å²) in [4.78, 5) is 12.5. The smallest absolute Gasteiger partial charge is 0.145 e. The van der Waals surface area contributed by atoms with E-state index in [0.29, 0.717) is 5.82 Å². The lowest BCUT2D eigenvalue weighted by Crippen LogP contribution is -2.23. The standard InChI is InChI=1S/C14H21N5S/c1-14(2,3)13-16-11(18-15)8-12(17-13)19(4)9-10-6-5-7-20-10/h5-8H,9,15H2,1-4H3,(H,16,17,18). The summed E-state index contributed by atoms with van der Waals surface area (Å²) >= 11 is 1.74. The Morgan fingerprint density at radius 2 is 2.10 bits per heavy atom. The first-order valence-electron chi connectivity index (χ1n) is 6.50. The summed E-state index contributed by atoms with van der Waals surface area (Å²) in [7, 11) is 2.02. The average Bonchev–Trinajstić information content (AvgIpc) is 2.90. The van der Waals surface area contributed by atoms with Crippen molar-refractivity contribution in [2.24, 2.45) is 5.84 Å². The Bertz CT molecular complexity index is 559. The van der Waals surface area contributed by atoms with Crippen LogP contribution in [-0.2, 0) is 12.0 Å². The molecule has 0 bridgehead atoms. The summed E-state index contributed by atoms with van der Waals surface area (Å²) in [5.74, 6) is 7.79. The van der Waals surface area contributed by atoms with Crippen molar-refractivity contribution in [2.75, 3.05) is 17.4 Å².